The molecule has 0 spiro atoms. The minimum atomic E-state index is -0.586. The Kier molecular flexibility index (Phi) is 7.56. The maximum Gasteiger partial charge on any atom is 0.338 e. The van der Waals surface area contributed by atoms with Gasteiger partial charge in [-0.1, -0.05) is 30.3 Å². The Morgan fingerprint density at radius 1 is 1.00 bits per heavy atom. The third-order valence-corrected chi connectivity index (χ3v) is 3.82. The molecule has 28 heavy (non-hydrogen) atoms. The third-order valence-electron chi connectivity index (χ3n) is 3.82. The van der Waals surface area contributed by atoms with Crippen LogP contribution in [0, 0.1) is 6.92 Å². The highest BCUT2D eigenvalue weighted by Gasteiger charge is 2.11. The maximum absolute atomic E-state index is 12.1. The Morgan fingerprint density at radius 3 is 2.32 bits per heavy atom. The lowest BCUT2D eigenvalue weighted by Crippen LogP contribution is -2.39. The molecule has 0 heterocycles. The maximum atomic E-state index is 12.1. The fourth-order valence-electron chi connectivity index (χ4n) is 2.37. The van der Waals surface area contributed by atoms with Crippen LogP contribution in [0.4, 0.5) is 10.5 Å². The van der Waals surface area contributed by atoms with Gasteiger partial charge in [0.2, 0.25) is 0 Å². The summed E-state index contributed by atoms with van der Waals surface area (Å²) in [7, 11) is 0. The first kappa shape index (κ1) is 21.0. The second kappa shape index (κ2) is 10.1. The molecule has 0 saturated heterocycles. The predicted molar refractivity (Wildman–Crippen MR) is 107 cm³/mol. The fraction of sp³-hybridized carbons (Fsp3) is 0.286. The summed E-state index contributed by atoms with van der Waals surface area (Å²) in [5.41, 5.74) is 2.78. The fourth-order valence-corrected chi connectivity index (χ4v) is 2.37. The first-order valence-electron chi connectivity index (χ1n) is 9.01. The zero-order chi connectivity index (χ0) is 20.5. The summed E-state index contributed by atoms with van der Waals surface area (Å²) in [6, 6.07) is 13.8. The molecule has 3 amide bonds. The van der Waals surface area contributed by atoms with Crippen LogP contribution in [-0.4, -0.2) is 30.6 Å². The predicted octanol–water partition coefficient (Wildman–Crippen LogP) is 3.00. The summed E-state index contributed by atoms with van der Waals surface area (Å²) in [5, 5.41) is 8.16. The summed E-state index contributed by atoms with van der Waals surface area (Å²) < 4.78 is 5.05. The van der Waals surface area contributed by atoms with E-state index in [1.54, 1.807) is 30.3 Å². The van der Waals surface area contributed by atoms with Gasteiger partial charge in [-0.3, -0.25) is 4.79 Å². The molecule has 0 aliphatic rings. The standard InChI is InChI=1S/C21H25N3O4/c1-14(2)23-21(27)22-12-16-8-10-17(11-9-16)20(26)28-13-19(25)24-18-7-5-4-6-15(18)3/h4-11,14H,12-13H2,1-3H3,(H,24,25)(H2,22,23,27). The number of aryl methyl sites for hydroxylation is 1. The van der Waals surface area contributed by atoms with Gasteiger partial charge in [0.1, 0.15) is 0 Å². The van der Waals surface area contributed by atoms with Gasteiger partial charge in [0.15, 0.2) is 6.61 Å². The van der Waals surface area contributed by atoms with E-state index in [2.05, 4.69) is 16.0 Å². The van der Waals surface area contributed by atoms with Crippen molar-refractivity contribution in [1.82, 2.24) is 10.6 Å². The van der Waals surface area contributed by atoms with Gasteiger partial charge in [0, 0.05) is 18.3 Å². The van der Waals surface area contributed by atoms with Crippen molar-refractivity contribution in [3.05, 3.63) is 65.2 Å². The molecule has 7 nitrogen and oxygen atoms in total. The summed E-state index contributed by atoms with van der Waals surface area (Å²) in [5.74, 6) is -0.989. The third kappa shape index (κ3) is 6.75. The molecule has 0 aliphatic heterocycles. The molecule has 0 aliphatic carbocycles. The molecular weight excluding hydrogens is 358 g/mol. The van der Waals surface area contributed by atoms with Crippen LogP contribution >= 0.6 is 0 Å². The highest BCUT2D eigenvalue weighted by molar-refractivity contribution is 5.95. The Morgan fingerprint density at radius 2 is 1.68 bits per heavy atom. The molecule has 2 aromatic rings. The number of amides is 3. The van der Waals surface area contributed by atoms with Crippen molar-refractivity contribution in [2.75, 3.05) is 11.9 Å². The van der Waals surface area contributed by atoms with E-state index in [9.17, 15) is 14.4 Å². The quantitative estimate of drug-likeness (QED) is 0.641. The van der Waals surface area contributed by atoms with E-state index in [-0.39, 0.29) is 18.7 Å². The molecular formula is C21H25N3O4. The topological polar surface area (TPSA) is 96.5 Å². The lowest BCUT2D eigenvalue weighted by Gasteiger charge is -2.10. The number of hydrogen-bond donors (Lipinski definition) is 3. The molecule has 0 saturated carbocycles. The second-order valence-electron chi connectivity index (χ2n) is 6.62. The molecule has 3 N–H and O–H groups in total. The molecule has 0 aromatic heterocycles. The van der Waals surface area contributed by atoms with Crippen LogP contribution < -0.4 is 16.0 Å². The van der Waals surface area contributed by atoms with E-state index in [0.29, 0.717) is 17.8 Å². The van der Waals surface area contributed by atoms with Crippen LogP contribution in [0.3, 0.4) is 0 Å². The van der Waals surface area contributed by atoms with Crippen LogP contribution in [0.15, 0.2) is 48.5 Å². The molecule has 0 radical (unpaired) electrons. The first-order valence-corrected chi connectivity index (χ1v) is 9.01. The van der Waals surface area contributed by atoms with Gasteiger partial charge >= 0.3 is 12.0 Å². The van der Waals surface area contributed by atoms with Crippen LogP contribution in [0.2, 0.25) is 0 Å². The van der Waals surface area contributed by atoms with Crippen molar-refractivity contribution in [2.24, 2.45) is 0 Å². The number of hydrogen-bond acceptors (Lipinski definition) is 4. The highest BCUT2D eigenvalue weighted by Crippen LogP contribution is 2.13. The highest BCUT2D eigenvalue weighted by atomic mass is 16.5. The normalized spacial score (nSPS) is 10.3. The lowest BCUT2D eigenvalue weighted by atomic mass is 10.1. The van der Waals surface area contributed by atoms with Gasteiger partial charge in [-0.25, -0.2) is 9.59 Å². The van der Waals surface area contributed by atoms with E-state index < -0.39 is 11.9 Å². The van der Waals surface area contributed by atoms with Gasteiger partial charge in [0.05, 0.1) is 5.56 Å². The second-order valence-corrected chi connectivity index (χ2v) is 6.62. The van der Waals surface area contributed by atoms with Gasteiger partial charge in [-0.2, -0.15) is 0 Å². The van der Waals surface area contributed by atoms with Gasteiger partial charge < -0.3 is 20.7 Å². The summed E-state index contributed by atoms with van der Waals surface area (Å²) >= 11 is 0. The Bertz CT molecular complexity index is 832. The minimum absolute atomic E-state index is 0.0557. The van der Waals surface area contributed by atoms with Crippen LogP contribution in [-0.2, 0) is 16.1 Å². The molecule has 2 rings (SSSR count). The van der Waals surface area contributed by atoms with E-state index in [1.807, 2.05) is 39.0 Å². The van der Waals surface area contributed by atoms with E-state index in [4.69, 9.17) is 4.74 Å². The van der Waals surface area contributed by atoms with Crippen molar-refractivity contribution in [3.8, 4) is 0 Å². The molecule has 7 heteroatoms. The summed E-state index contributed by atoms with van der Waals surface area (Å²) in [6.07, 6.45) is 0. The number of nitrogens with one attached hydrogen (secondary N) is 3. The lowest BCUT2D eigenvalue weighted by molar-refractivity contribution is -0.119. The zero-order valence-electron chi connectivity index (χ0n) is 16.2. The van der Waals surface area contributed by atoms with Crippen molar-refractivity contribution < 1.29 is 19.1 Å². The van der Waals surface area contributed by atoms with Crippen LogP contribution in [0.5, 0.6) is 0 Å². The number of anilines is 1. The van der Waals surface area contributed by atoms with E-state index in [1.165, 1.54) is 0 Å². The number of carbonyl (C=O) groups is 3. The van der Waals surface area contributed by atoms with Crippen LogP contribution in [0.25, 0.3) is 0 Å². The largest absolute Gasteiger partial charge is 0.452 e. The van der Waals surface area contributed by atoms with Crippen molar-refractivity contribution >= 4 is 23.6 Å². The number of esters is 1. The SMILES string of the molecule is Cc1ccccc1NC(=O)COC(=O)c1ccc(CNC(=O)NC(C)C)cc1. The average molecular weight is 383 g/mol. The number of rotatable bonds is 7. The average Bonchev–Trinajstić information content (AvgIpc) is 2.66. The number of benzene rings is 2. The Labute approximate surface area is 164 Å². The first-order chi connectivity index (χ1) is 13.3. The number of urea groups is 1. The number of para-hydroxylation sites is 1. The summed E-state index contributed by atoms with van der Waals surface area (Å²) in [6.45, 7) is 5.60. The van der Waals surface area contributed by atoms with E-state index >= 15 is 0 Å². The van der Waals surface area contributed by atoms with Crippen molar-refractivity contribution in [2.45, 2.75) is 33.4 Å². The number of carbonyl (C=O) groups excluding carboxylic acids is 3. The zero-order valence-corrected chi connectivity index (χ0v) is 16.2. The molecule has 2 aromatic carbocycles. The molecule has 0 bridgehead atoms. The molecule has 0 fully saturated rings. The summed E-state index contributed by atoms with van der Waals surface area (Å²) in [4.78, 5) is 35.6. The molecule has 0 atom stereocenters. The Balaban J connectivity index is 1.80. The molecule has 148 valence electrons. The van der Waals surface area contributed by atoms with Gasteiger partial charge in [-0.05, 0) is 50.1 Å². The van der Waals surface area contributed by atoms with Crippen molar-refractivity contribution in [1.29, 1.82) is 0 Å². The minimum Gasteiger partial charge on any atom is -0.452 e. The van der Waals surface area contributed by atoms with Crippen LogP contribution in [0.1, 0.15) is 35.3 Å². The van der Waals surface area contributed by atoms with E-state index in [0.717, 1.165) is 11.1 Å². The van der Waals surface area contributed by atoms with Gasteiger partial charge in [-0.15, -0.1) is 0 Å². The number of ether oxygens (including phenoxy) is 1. The molecule has 0 unspecified atom stereocenters. The van der Waals surface area contributed by atoms with Gasteiger partial charge in [0.25, 0.3) is 5.91 Å². The Hall–Kier alpha value is -3.35. The monoisotopic (exact) mass is 383 g/mol. The van der Waals surface area contributed by atoms with Crippen molar-refractivity contribution in [3.63, 3.8) is 0 Å². The smallest absolute Gasteiger partial charge is 0.338 e.